The van der Waals surface area contributed by atoms with Crippen molar-refractivity contribution in [2.75, 3.05) is 19.8 Å². The maximum absolute atomic E-state index is 8.71. The molecule has 0 bridgehead atoms. The molecule has 0 saturated carbocycles. The summed E-state index contributed by atoms with van der Waals surface area (Å²) in [5.41, 5.74) is 0. The molecule has 2 heteroatoms. The monoisotopic (exact) mass is 370 g/mol. The van der Waals surface area contributed by atoms with Gasteiger partial charge >= 0.3 is 0 Å². The molecular formula is C24H50O2. The van der Waals surface area contributed by atoms with Gasteiger partial charge in [-0.2, -0.15) is 0 Å². The number of aliphatic hydroxyl groups is 1. The van der Waals surface area contributed by atoms with Gasteiger partial charge in [0.05, 0.1) is 0 Å². The first-order chi connectivity index (χ1) is 12.9. The van der Waals surface area contributed by atoms with E-state index < -0.39 is 0 Å². The number of ether oxygens (including phenoxy) is 1. The van der Waals surface area contributed by atoms with E-state index in [0.29, 0.717) is 6.61 Å². The van der Waals surface area contributed by atoms with E-state index in [1.807, 2.05) is 0 Å². The largest absolute Gasteiger partial charge is 0.396 e. The zero-order valence-electron chi connectivity index (χ0n) is 18.1. The molecule has 0 amide bonds. The Kier molecular flexibility index (Phi) is 24.8. The molecule has 0 atom stereocenters. The molecule has 26 heavy (non-hydrogen) atoms. The Morgan fingerprint density at radius 1 is 0.423 bits per heavy atom. The first kappa shape index (κ1) is 25.9. The molecule has 0 aromatic heterocycles. The summed E-state index contributed by atoms with van der Waals surface area (Å²) in [5, 5.41) is 8.71. The lowest BCUT2D eigenvalue weighted by molar-refractivity contribution is 0.125. The lowest BCUT2D eigenvalue weighted by Gasteiger charge is -2.05. The van der Waals surface area contributed by atoms with Gasteiger partial charge in [-0.25, -0.2) is 0 Å². The second-order valence-electron chi connectivity index (χ2n) is 8.05. The first-order valence-electron chi connectivity index (χ1n) is 12.1. The van der Waals surface area contributed by atoms with Crippen LogP contribution >= 0.6 is 0 Å². The van der Waals surface area contributed by atoms with Crippen LogP contribution in [0.15, 0.2) is 0 Å². The quantitative estimate of drug-likeness (QED) is 0.186. The highest BCUT2D eigenvalue weighted by Gasteiger charge is 1.95. The molecule has 0 fully saturated rings. The standard InChI is InChI=1S/C24H50O2/c1-2-3-4-5-6-7-8-9-10-11-12-14-17-20-23-26-24-21-18-15-13-16-19-22-25/h25H,2-24H2,1H3. The van der Waals surface area contributed by atoms with Crippen LogP contribution in [-0.4, -0.2) is 24.9 Å². The van der Waals surface area contributed by atoms with Gasteiger partial charge in [0.15, 0.2) is 0 Å². The van der Waals surface area contributed by atoms with Gasteiger partial charge in [-0.15, -0.1) is 0 Å². The van der Waals surface area contributed by atoms with Crippen molar-refractivity contribution in [3.8, 4) is 0 Å². The highest BCUT2D eigenvalue weighted by molar-refractivity contribution is 4.49. The second kappa shape index (κ2) is 24.9. The molecule has 0 aliphatic carbocycles. The summed E-state index contributed by atoms with van der Waals surface area (Å²) in [6, 6.07) is 0. The van der Waals surface area contributed by atoms with Gasteiger partial charge in [-0.3, -0.25) is 0 Å². The van der Waals surface area contributed by atoms with E-state index in [0.717, 1.165) is 19.6 Å². The Bertz CT molecular complexity index is 206. The second-order valence-corrected chi connectivity index (χ2v) is 8.05. The van der Waals surface area contributed by atoms with Crippen LogP contribution in [0.1, 0.15) is 135 Å². The fourth-order valence-electron chi connectivity index (χ4n) is 3.52. The molecule has 2 nitrogen and oxygen atoms in total. The Morgan fingerprint density at radius 3 is 1.08 bits per heavy atom. The minimum atomic E-state index is 0.350. The smallest absolute Gasteiger partial charge is 0.0466 e. The van der Waals surface area contributed by atoms with E-state index in [1.54, 1.807) is 0 Å². The highest BCUT2D eigenvalue weighted by atomic mass is 16.5. The zero-order chi connectivity index (χ0) is 19.0. The van der Waals surface area contributed by atoms with Crippen molar-refractivity contribution >= 4 is 0 Å². The van der Waals surface area contributed by atoms with Crippen molar-refractivity contribution < 1.29 is 9.84 Å². The average Bonchev–Trinajstić information content (AvgIpc) is 2.66. The maximum Gasteiger partial charge on any atom is 0.0466 e. The van der Waals surface area contributed by atoms with Crippen LogP contribution in [-0.2, 0) is 4.74 Å². The van der Waals surface area contributed by atoms with Gasteiger partial charge in [-0.1, -0.05) is 116 Å². The highest BCUT2D eigenvalue weighted by Crippen LogP contribution is 2.13. The Hall–Kier alpha value is -0.0800. The Labute approximate surface area is 165 Å². The molecule has 0 aromatic rings. The first-order valence-corrected chi connectivity index (χ1v) is 12.1. The molecule has 1 N–H and O–H groups in total. The summed E-state index contributed by atoms with van der Waals surface area (Å²) in [4.78, 5) is 0. The summed E-state index contributed by atoms with van der Waals surface area (Å²) in [5.74, 6) is 0. The molecule has 0 aromatic carbocycles. The SMILES string of the molecule is CCCCCCCCCCCCCCCCOCCCCCCCCO. The van der Waals surface area contributed by atoms with Crippen LogP contribution in [0.2, 0.25) is 0 Å². The van der Waals surface area contributed by atoms with Gasteiger partial charge in [0.25, 0.3) is 0 Å². The van der Waals surface area contributed by atoms with E-state index in [4.69, 9.17) is 9.84 Å². The van der Waals surface area contributed by atoms with E-state index in [9.17, 15) is 0 Å². The Morgan fingerprint density at radius 2 is 0.731 bits per heavy atom. The summed E-state index contributed by atoms with van der Waals surface area (Å²) < 4.78 is 5.73. The van der Waals surface area contributed by atoms with Crippen LogP contribution in [0.4, 0.5) is 0 Å². The topological polar surface area (TPSA) is 29.5 Å². The number of hydrogen-bond acceptors (Lipinski definition) is 2. The van der Waals surface area contributed by atoms with Crippen molar-refractivity contribution in [3.63, 3.8) is 0 Å². The lowest BCUT2D eigenvalue weighted by Crippen LogP contribution is -1.97. The third-order valence-electron chi connectivity index (χ3n) is 5.34. The molecule has 0 saturated heterocycles. The van der Waals surface area contributed by atoms with Crippen LogP contribution < -0.4 is 0 Å². The fraction of sp³-hybridized carbons (Fsp3) is 1.00. The molecule has 0 unspecified atom stereocenters. The molecule has 0 heterocycles. The van der Waals surface area contributed by atoms with Crippen LogP contribution in [0, 0.1) is 0 Å². The maximum atomic E-state index is 8.71. The molecular weight excluding hydrogens is 320 g/mol. The van der Waals surface area contributed by atoms with Crippen molar-refractivity contribution in [2.24, 2.45) is 0 Å². The van der Waals surface area contributed by atoms with Crippen molar-refractivity contribution in [1.29, 1.82) is 0 Å². The molecule has 158 valence electrons. The Balaban J connectivity index is 2.95. The number of hydrogen-bond donors (Lipinski definition) is 1. The van der Waals surface area contributed by atoms with Crippen LogP contribution in [0.25, 0.3) is 0 Å². The van der Waals surface area contributed by atoms with Gasteiger partial charge in [-0.05, 0) is 19.3 Å². The normalized spacial score (nSPS) is 11.3. The molecule has 0 aliphatic rings. The minimum absolute atomic E-state index is 0.350. The van der Waals surface area contributed by atoms with Crippen molar-refractivity contribution in [2.45, 2.75) is 135 Å². The average molecular weight is 371 g/mol. The van der Waals surface area contributed by atoms with Gasteiger partial charge in [0, 0.05) is 19.8 Å². The summed E-state index contributed by atoms with van der Waals surface area (Å²) in [6.45, 7) is 4.54. The lowest BCUT2D eigenvalue weighted by atomic mass is 10.0. The third kappa shape index (κ3) is 23.9. The van der Waals surface area contributed by atoms with Gasteiger partial charge in [0.1, 0.15) is 0 Å². The van der Waals surface area contributed by atoms with E-state index in [-0.39, 0.29) is 0 Å². The van der Waals surface area contributed by atoms with E-state index in [2.05, 4.69) is 6.92 Å². The summed E-state index contributed by atoms with van der Waals surface area (Å²) in [7, 11) is 0. The summed E-state index contributed by atoms with van der Waals surface area (Å²) >= 11 is 0. The van der Waals surface area contributed by atoms with Gasteiger partial charge in [0.2, 0.25) is 0 Å². The zero-order valence-corrected chi connectivity index (χ0v) is 18.1. The molecule has 0 spiro atoms. The number of rotatable bonds is 23. The van der Waals surface area contributed by atoms with E-state index >= 15 is 0 Å². The fourth-order valence-corrected chi connectivity index (χ4v) is 3.52. The van der Waals surface area contributed by atoms with Gasteiger partial charge < -0.3 is 9.84 Å². The third-order valence-corrected chi connectivity index (χ3v) is 5.34. The predicted octanol–water partition coefficient (Wildman–Crippen LogP) is 7.82. The molecule has 0 radical (unpaired) electrons. The van der Waals surface area contributed by atoms with E-state index in [1.165, 1.54) is 122 Å². The predicted molar refractivity (Wildman–Crippen MR) is 116 cm³/mol. The van der Waals surface area contributed by atoms with Crippen molar-refractivity contribution in [1.82, 2.24) is 0 Å². The summed E-state index contributed by atoms with van der Waals surface area (Å²) in [6.07, 6.45) is 27.0. The number of aliphatic hydroxyl groups excluding tert-OH is 1. The van der Waals surface area contributed by atoms with Crippen molar-refractivity contribution in [3.05, 3.63) is 0 Å². The van der Waals surface area contributed by atoms with Crippen LogP contribution in [0.5, 0.6) is 0 Å². The van der Waals surface area contributed by atoms with Crippen LogP contribution in [0.3, 0.4) is 0 Å². The molecule has 0 rings (SSSR count). The molecule has 0 aliphatic heterocycles. The minimum Gasteiger partial charge on any atom is -0.396 e. The number of unbranched alkanes of at least 4 members (excludes halogenated alkanes) is 18.